The van der Waals surface area contributed by atoms with Crippen LogP contribution in [0.15, 0.2) is 24.3 Å². The topological polar surface area (TPSA) is 92.5 Å². The van der Waals surface area contributed by atoms with Gasteiger partial charge < -0.3 is 16.0 Å². The van der Waals surface area contributed by atoms with E-state index >= 15 is 0 Å². The molecular formula is C17H21N3O3. The number of hydrogen-bond acceptors (Lipinski definition) is 3. The summed E-state index contributed by atoms with van der Waals surface area (Å²) in [5, 5.41) is 2.81. The predicted molar refractivity (Wildman–Crippen MR) is 85.7 cm³/mol. The molecule has 2 aliphatic rings. The summed E-state index contributed by atoms with van der Waals surface area (Å²) in [6.07, 6.45) is 4.71. The molecule has 0 bridgehead atoms. The van der Waals surface area contributed by atoms with Crippen molar-refractivity contribution in [2.45, 2.75) is 38.1 Å². The Bertz CT molecular complexity index is 620. The molecule has 0 spiro atoms. The van der Waals surface area contributed by atoms with Crippen LogP contribution in [0.3, 0.4) is 0 Å². The quantitative estimate of drug-likeness (QED) is 0.882. The number of carbonyl (C=O) groups is 3. The molecule has 1 heterocycles. The van der Waals surface area contributed by atoms with Gasteiger partial charge in [0.15, 0.2) is 0 Å². The van der Waals surface area contributed by atoms with Crippen molar-refractivity contribution in [3.8, 4) is 0 Å². The molecule has 1 aliphatic carbocycles. The van der Waals surface area contributed by atoms with E-state index in [0.29, 0.717) is 23.8 Å². The van der Waals surface area contributed by atoms with E-state index in [1.165, 1.54) is 0 Å². The molecule has 3 amide bonds. The van der Waals surface area contributed by atoms with Crippen LogP contribution in [0.25, 0.3) is 0 Å². The lowest BCUT2D eigenvalue weighted by molar-refractivity contribution is -0.129. The Morgan fingerprint density at radius 2 is 1.78 bits per heavy atom. The van der Waals surface area contributed by atoms with Crippen molar-refractivity contribution in [2.75, 3.05) is 11.9 Å². The maximum absolute atomic E-state index is 12.4. The van der Waals surface area contributed by atoms with Crippen molar-refractivity contribution in [3.05, 3.63) is 29.8 Å². The van der Waals surface area contributed by atoms with E-state index < -0.39 is 5.91 Å². The van der Waals surface area contributed by atoms with E-state index in [9.17, 15) is 14.4 Å². The Morgan fingerprint density at radius 3 is 2.39 bits per heavy atom. The second-order valence-electron chi connectivity index (χ2n) is 6.32. The van der Waals surface area contributed by atoms with E-state index in [4.69, 9.17) is 5.73 Å². The number of likely N-dealkylation sites (tertiary alicyclic amines) is 1. The van der Waals surface area contributed by atoms with Gasteiger partial charge in [-0.05, 0) is 37.1 Å². The average Bonchev–Trinajstić information content (AvgIpc) is 3.16. The summed E-state index contributed by atoms with van der Waals surface area (Å²) in [6, 6.07) is 6.74. The molecule has 0 unspecified atom stereocenters. The van der Waals surface area contributed by atoms with Crippen molar-refractivity contribution >= 4 is 23.4 Å². The summed E-state index contributed by atoms with van der Waals surface area (Å²) < 4.78 is 0. The second kappa shape index (κ2) is 6.40. The zero-order valence-corrected chi connectivity index (χ0v) is 13.0. The molecule has 1 aromatic carbocycles. The van der Waals surface area contributed by atoms with Crippen molar-refractivity contribution in [3.63, 3.8) is 0 Å². The fourth-order valence-electron chi connectivity index (χ4n) is 3.44. The molecule has 23 heavy (non-hydrogen) atoms. The number of anilines is 1. The molecule has 3 N–H and O–H groups in total. The third-order valence-corrected chi connectivity index (χ3v) is 4.73. The number of nitrogens with two attached hydrogens (primary N) is 1. The minimum atomic E-state index is -0.503. The SMILES string of the molecule is NC(=O)c1ccc(NC(=O)[C@@H]2CC(=O)N(C3CCCC3)C2)cc1. The van der Waals surface area contributed by atoms with Gasteiger partial charge in [0.2, 0.25) is 17.7 Å². The maximum atomic E-state index is 12.4. The normalized spacial score (nSPS) is 21.7. The molecule has 1 saturated heterocycles. The van der Waals surface area contributed by atoms with Gasteiger partial charge in [-0.15, -0.1) is 0 Å². The van der Waals surface area contributed by atoms with Gasteiger partial charge in [0.25, 0.3) is 0 Å². The first kappa shape index (κ1) is 15.5. The van der Waals surface area contributed by atoms with Gasteiger partial charge in [-0.25, -0.2) is 0 Å². The molecule has 122 valence electrons. The van der Waals surface area contributed by atoms with E-state index in [0.717, 1.165) is 25.7 Å². The van der Waals surface area contributed by atoms with Crippen molar-refractivity contribution in [1.29, 1.82) is 0 Å². The zero-order chi connectivity index (χ0) is 16.4. The molecule has 6 heteroatoms. The highest BCUT2D eigenvalue weighted by molar-refractivity contribution is 5.98. The summed E-state index contributed by atoms with van der Waals surface area (Å²) in [5.74, 6) is -0.873. The van der Waals surface area contributed by atoms with Gasteiger partial charge in [0.05, 0.1) is 5.92 Å². The van der Waals surface area contributed by atoms with E-state index in [1.807, 2.05) is 4.90 Å². The van der Waals surface area contributed by atoms with Crippen LogP contribution in [-0.4, -0.2) is 35.2 Å². The van der Waals surface area contributed by atoms with E-state index in [-0.39, 0.29) is 24.2 Å². The first-order valence-corrected chi connectivity index (χ1v) is 8.05. The molecule has 1 aliphatic heterocycles. The molecule has 2 fully saturated rings. The standard InChI is InChI=1S/C17H21N3O3/c18-16(22)11-5-7-13(8-6-11)19-17(23)12-9-15(21)20(10-12)14-3-1-2-4-14/h5-8,12,14H,1-4,9-10H2,(H2,18,22)(H,19,23)/t12-/m1/s1. The van der Waals surface area contributed by atoms with Crippen LogP contribution < -0.4 is 11.1 Å². The summed E-state index contributed by atoms with van der Waals surface area (Å²) >= 11 is 0. The summed E-state index contributed by atoms with van der Waals surface area (Å²) in [4.78, 5) is 37.4. The Morgan fingerprint density at radius 1 is 1.13 bits per heavy atom. The maximum Gasteiger partial charge on any atom is 0.248 e. The fraction of sp³-hybridized carbons (Fsp3) is 0.471. The third kappa shape index (κ3) is 3.36. The largest absolute Gasteiger partial charge is 0.366 e. The molecule has 1 aromatic rings. The molecule has 0 aromatic heterocycles. The number of amides is 3. The Hall–Kier alpha value is -2.37. The number of nitrogens with zero attached hydrogens (tertiary/aromatic N) is 1. The van der Waals surface area contributed by atoms with Crippen molar-refractivity contribution in [1.82, 2.24) is 4.90 Å². The Kier molecular flexibility index (Phi) is 4.32. The van der Waals surface area contributed by atoms with E-state index in [1.54, 1.807) is 24.3 Å². The van der Waals surface area contributed by atoms with Crippen LogP contribution >= 0.6 is 0 Å². The minimum absolute atomic E-state index is 0.0844. The smallest absolute Gasteiger partial charge is 0.248 e. The van der Waals surface area contributed by atoms with Crippen LogP contribution in [0.1, 0.15) is 42.5 Å². The number of carbonyl (C=O) groups excluding carboxylic acids is 3. The van der Waals surface area contributed by atoms with Gasteiger partial charge in [0, 0.05) is 30.3 Å². The number of hydrogen-bond donors (Lipinski definition) is 2. The van der Waals surface area contributed by atoms with Gasteiger partial charge >= 0.3 is 0 Å². The molecular weight excluding hydrogens is 294 g/mol. The molecule has 0 radical (unpaired) electrons. The van der Waals surface area contributed by atoms with Gasteiger partial charge in [-0.2, -0.15) is 0 Å². The van der Waals surface area contributed by atoms with E-state index in [2.05, 4.69) is 5.32 Å². The molecule has 1 atom stereocenters. The summed E-state index contributed by atoms with van der Waals surface area (Å²) in [5.41, 5.74) is 6.18. The van der Waals surface area contributed by atoms with Crippen LogP contribution in [0, 0.1) is 5.92 Å². The monoisotopic (exact) mass is 315 g/mol. The van der Waals surface area contributed by atoms with Gasteiger partial charge in [-0.1, -0.05) is 12.8 Å². The average molecular weight is 315 g/mol. The highest BCUT2D eigenvalue weighted by atomic mass is 16.2. The van der Waals surface area contributed by atoms with Gasteiger partial charge in [0.1, 0.15) is 0 Å². The Balaban J connectivity index is 1.60. The second-order valence-corrected chi connectivity index (χ2v) is 6.32. The van der Waals surface area contributed by atoms with Crippen molar-refractivity contribution in [2.24, 2.45) is 11.7 Å². The van der Waals surface area contributed by atoms with Crippen LogP contribution in [0.5, 0.6) is 0 Å². The lowest BCUT2D eigenvalue weighted by Crippen LogP contribution is -2.35. The predicted octanol–water partition coefficient (Wildman–Crippen LogP) is 1.52. The highest BCUT2D eigenvalue weighted by Gasteiger charge is 2.38. The number of nitrogens with one attached hydrogen (secondary N) is 1. The summed E-state index contributed by atoms with van der Waals surface area (Å²) in [6.45, 7) is 0.509. The molecule has 1 saturated carbocycles. The third-order valence-electron chi connectivity index (χ3n) is 4.73. The zero-order valence-electron chi connectivity index (χ0n) is 13.0. The lowest BCUT2D eigenvalue weighted by Gasteiger charge is -2.23. The molecule has 3 rings (SSSR count). The van der Waals surface area contributed by atoms with Crippen LogP contribution in [0.2, 0.25) is 0 Å². The lowest BCUT2D eigenvalue weighted by atomic mass is 10.1. The highest BCUT2D eigenvalue weighted by Crippen LogP contribution is 2.29. The van der Waals surface area contributed by atoms with Gasteiger partial charge in [-0.3, -0.25) is 14.4 Å². The van der Waals surface area contributed by atoms with Crippen molar-refractivity contribution < 1.29 is 14.4 Å². The summed E-state index contributed by atoms with van der Waals surface area (Å²) in [7, 11) is 0. The van der Waals surface area contributed by atoms with Crippen LogP contribution in [0.4, 0.5) is 5.69 Å². The first-order chi connectivity index (χ1) is 11.0. The fourth-order valence-corrected chi connectivity index (χ4v) is 3.44. The first-order valence-electron chi connectivity index (χ1n) is 8.05. The number of benzene rings is 1. The molecule has 6 nitrogen and oxygen atoms in total. The Labute approximate surface area is 135 Å². The van der Waals surface area contributed by atoms with Crippen LogP contribution in [-0.2, 0) is 9.59 Å². The number of primary amides is 1. The number of rotatable bonds is 4. The minimum Gasteiger partial charge on any atom is -0.366 e.